The molecule has 47 heavy (non-hydrogen) atoms. The Labute approximate surface area is 280 Å². The van der Waals surface area contributed by atoms with Crippen LogP contribution in [0.5, 0.6) is 0 Å². The molecule has 0 aliphatic carbocycles. The minimum atomic E-state index is 1.10. The van der Waals surface area contributed by atoms with Gasteiger partial charge in [-0.1, -0.05) is 168 Å². The molecule has 0 unspecified atom stereocenters. The van der Waals surface area contributed by atoms with Crippen molar-refractivity contribution in [3.8, 4) is 0 Å². The van der Waals surface area contributed by atoms with E-state index < -0.39 is 0 Å². The molecule has 230 valence electrons. The van der Waals surface area contributed by atoms with E-state index >= 15 is 0 Å². The summed E-state index contributed by atoms with van der Waals surface area (Å²) in [5, 5.41) is 0. The van der Waals surface area contributed by atoms with E-state index in [0.29, 0.717) is 0 Å². The molecule has 0 aliphatic heterocycles. The van der Waals surface area contributed by atoms with Crippen LogP contribution in [0, 0.1) is 27.7 Å². The van der Waals surface area contributed by atoms with Crippen LogP contribution in [0.3, 0.4) is 0 Å². The number of para-hydroxylation sites is 1. The van der Waals surface area contributed by atoms with Crippen molar-refractivity contribution in [2.75, 3.05) is 4.90 Å². The number of allylic oxidation sites excluding steroid dienone is 2. The van der Waals surface area contributed by atoms with Gasteiger partial charge in [0, 0.05) is 23.1 Å². The molecule has 0 fully saturated rings. The van der Waals surface area contributed by atoms with E-state index in [9.17, 15) is 0 Å². The monoisotopic (exact) mass is 607 g/mol. The first-order valence-electron chi connectivity index (χ1n) is 16.3. The average molecular weight is 608 g/mol. The van der Waals surface area contributed by atoms with Crippen molar-refractivity contribution in [1.29, 1.82) is 0 Å². The smallest absolute Gasteiger partial charge is 0.0456 e. The third-order valence-electron chi connectivity index (χ3n) is 8.47. The van der Waals surface area contributed by atoms with Gasteiger partial charge in [-0.15, -0.1) is 0 Å². The van der Waals surface area contributed by atoms with Gasteiger partial charge < -0.3 is 4.90 Å². The number of hydrogen-bond acceptors (Lipinski definition) is 1. The molecular formula is C46H41N. The Hall–Kier alpha value is -5.66. The van der Waals surface area contributed by atoms with Gasteiger partial charge >= 0.3 is 0 Å². The molecule has 1 heteroatoms. The quantitative estimate of drug-likeness (QED) is 0.148. The first kappa shape index (κ1) is 31.3. The van der Waals surface area contributed by atoms with Crippen LogP contribution in [0.4, 0.5) is 11.4 Å². The highest BCUT2D eigenvalue weighted by molar-refractivity contribution is 5.85. The lowest BCUT2D eigenvalue weighted by molar-refractivity contribution is 1.28. The van der Waals surface area contributed by atoms with Gasteiger partial charge in [0.15, 0.2) is 0 Å². The molecule has 0 atom stereocenters. The lowest BCUT2D eigenvalue weighted by Gasteiger charge is -2.23. The summed E-state index contributed by atoms with van der Waals surface area (Å²) >= 11 is 0. The molecule has 0 aliphatic rings. The summed E-state index contributed by atoms with van der Waals surface area (Å²) in [5.41, 5.74) is 15.5. The molecule has 0 N–H and O–H groups in total. The molecule has 0 aromatic heterocycles. The number of aryl methyl sites for hydroxylation is 4. The molecule has 6 aromatic rings. The van der Waals surface area contributed by atoms with Crippen molar-refractivity contribution >= 4 is 28.6 Å². The van der Waals surface area contributed by atoms with E-state index in [1.54, 1.807) is 0 Å². The molecule has 0 radical (unpaired) electrons. The molecule has 6 rings (SSSR count). The maximum Gasteiger partial charge on any atom is 0.0456 e. The zero-order valence-corrected chi connectivity index (χ0v) is 27.7. The first-order valence-corrected chi connectivity index (χ1v) is 16.3. The zero-order valence-electron chi connectivity index (χ0n) is 27.7. The van der Waals surface area contributed by atoms with Crippen molar-refractivity contribution in [3.63, 3.8) is 0 Å². The molecule has 1 nitrogen and oxygen atoms in total. The molecular weight excluding hydrogens is 567 g/mol. The van der Waals surface area contributed by atoms with Crippen LogP contribution >= 0.6 is 0 Å². The number of benzene rings is 6. The van der Waals surface area contributed by atoms with E-state index in [1.807, 2.05) is 0 Å². The Morgan fingerprint density at radius 3 is 1.21 bits per heavy atom. The number of anilines is 2. The molecule has 0 saturated heterocycles. The second kappa shape index (κ2) is 14.6. The zero-order chi connectivity index (χ0) is 32.6. The number of rotatable bonds is 9. The number of nitrogens with zero attached hydrogens (tertiary/aromatic N) is 1. The highest BCUT2D eigenvalue weighted by Gasteiger charge is 2.12. The Morgan fingerprint density at radius 1 is 0.404 bits per heavy atom. The summed E-state index contributed by atoms with van der Waals surface area (Å²) in [4.78, 5) is 2.29. The standard InChI is InChI=1S/C46H41N/c1-34-13-23-39(24-14-34)45(40-25-15-35(2)16-26-40)12-8-9-38-21-31-44(32-22-38)47(43-10-6-5-7-11-43)33-46(41-27-17-36(3)18-28-41)42-29-19-37(4)20-30-42/h5-33H,1-4H3. The molecule has 0 spiro atoms. The number of hydrogen-bond donors (Lipinski definition) is 0. The summed E-state index contributed by atoms with van der Waals surface area (Å²) in [5.74, 6) is 0. The fourth-order valence-electron chi connectivity index (χ4n) is 5.62. The lowest BCUT2D eigenvalue weighted by Crippen LogP contribution is -2.10. The van der Waals surface area contributed by atoms with Crippen LogP contribution in [0.25, 0.3) is 17.2 Å². The van der Waals surface area contributed by atoms with E-state index in [4.69, 9.17) is 0 Å². The predicted octanol–water partition coefficient (Wildman–Crippen LogP) is 12.3. The van der Waals surface area contributed by atoms with Gasteiger partial charge in [0.1, 0.15) is 0 Å². The van der Waals surface area contributed by atoms with Crippen molar-refractivity contribution in [2.24, 2.45) is 0 Å². The SMILES string of the molecule is Cc1ccc(C(=CC=Cc2ccc(N(C=C(c3ccc(C)cc3)c3ccc(C)cc3)c3ccccc3)cc2)c2ccc(C)cc2)cc1. The topological polar surface area (TPSA) is 3.24 Å². The Bertz CT molecular complexity index is 1900. The van der Waals surface area contributed by atoms with Crippen molar-refractivity contribution in [3.05, 3.63) is 220 Å². The van der Waals surface area contributed by atoms with Crippen molar-refractivity contribution in [2.45, 2.75) is 27.7 Å². The Kier molecular flexibility index (Phi) is 9.75. The highest BCUT2D eigenvalue weighted by atomic mass is 15.1. The minimum absolute atomic E-state index is 1.10. The Morgan fingerprint density at radius 2 is 0.787 bits per heavy atom. The fourth-order valence-corrected chi connectivity index (χ4v) is 5.62. The summed E-state index contributed by atoms with van der Waals surface area (Å²) in [6.45, 7) is 8.52. The lowest BCUT2D eigenvalue weighted by atomic mass is 9.96. The van der Waals surface area contributed by atoms with Gasteiger partial charge in [-0.2, -0.15) is 0 Å². The summed E-state index contributed by atoms with van der Waals surface area (Å²) < 4.78 is 0. The van der Waals surface area contributed by atoms with Gasteiger partial charge in [-0.3, -0.25) is 0 Å². The van der Waals surface area contributed by atoms with Crippen LogP contribution in [0.1, 0.15) is 50.1 Å². The summed E-state index contributed by atoms with van der Waals surface area (Å²) in [6, 6.07) is 54.5. The molecule has 6 aromatic carbocycles. The van der Waals surface area contributed by atoms with Crippen molar-refractivity contribution in [1.82, 2.24) is 0 Å². The van der Waals surface area contributed by atoms with E-state index in [2.05, 4.69) is 209 Å². The predicted molar refractivity (Wildman–Crippen MR) is 203 cm³/mol. The second-order valence-electron chi connectivity index (χ2n) is 12.2. The van der Waals surface area contributed by atoms with Gasteiger partial charge in [0.2, 0.25) is 0 Å². The van der Waals surface area contributed by atoms with E-state index in [0.717, 1.165) is 16.9 Å². The molecule has 0 heterocycles. The second-order valence-corrected chi connectivity index (χ2v) is 12.2. The maximum absolute atomic E-state index is 2.29. The average Bonchev–Trinajstić information content (AvgIpc) is 3.10. The highest BCUT2D eigenvalue weighted by Crippen LogP contribution is 2.32. The normalized spacial score (nSPS) is 10.9. The molecule has 0 bridgehead atoms. The van der Waals surface area contributed by atoms with Crippen LogP contribution < -0.4 is 4.90 Å². The summed E-state index contributed by atoms with van der Waals surface area (Å²) in [7, 11) is 0. The van der Waals surface area contributed by atoms with Crippen LogP contribution in [-0.2, 0) is 0 Å². The molecule has 0 amide bonds. The van der Waals surface area contributed by atoms with Gasteiger partial charge in [0.25, 0.3) is 0 Å². The van der Waals surface area contributed by atoms with Gasteiger partial charge in [-0.05, 0) is 85.4 Å². The maximum atomic E-state index is 2.29. The van der Waals surface area contributed by atoms with E-state index in [-0.39, 0.29) is 0 Å². The van der Waals surface area contributed by atoms with Gasteiger partial charge in [0.05, 0.1) is 0 Å². The summed E-state index contributed by atoms with van der Waals surface area (Å²) in [6.07, 6.45) is 8.83. The van der Waals surface area contributed by atoms with Crippen molar-refractivity contribution < 1.29 is 0 Å². The third kappa shape index (κ3) is 7.95. The third-order valence-corrected chi connectivity index (χ3v) is 8.47. The van der Waals surface area contributed by atoms with E-state index in [1.165, 1.54) is 55.7 Å². The van der Waals surface area contributed by atoms with Crippen LogP contribution in [-0.4, -0.2) is 0 Å². The van der Waals surface area contributed by atoms with Gasteiger partial charge in [-0.25, -0.2) is 0 Å². The van der Waals surface area contributed by atoms with Crippen LogP contribution in [0.15, 0.2) is 170 Å². The minimum Gasteiger partial charge on any atom is -0.317 e. The fraction of sp³-hybridized carbons (Fsp3) is 0.0870. The van der Waals surface area contributed by atoms with Crippen LogP contribution in [0.2, 0.25) is 0 Å². The largest absolute Gasteiger partial charge is 0.317 e. The first-order chi connectivity index (χ1) is 22.9. The molecule has 0 saturated carbocycles. The Balaban J connectivity index is 1.35.